The first-order chi connectivity index (χ1) is 9.88. The quantitative estimate of drug-likeness (QED) is 0.910. The van der Waals surface area contributed by atoms with E-state index in [2.05, 4.69) is 21.2 Å². The van der Waals surface area contributed by atoms with Crippen LogP contribution in [-0.2, 0) is 16.1 Å². The maximum Gasteiger partial charge on any atom is 0.248 e. The van der Waals surface area contributed by atoms with Crippen molar-refractivity contribution in [1.29, 1.82) is 0 Å². The van der Waals surface area contributed by atoms with E-state index in [9.17, 15) is 9.59 Å². The van der Waals surface area contributed by atoms with Crippen molar-refractivity contribution in [2.45, 2.75) is 44.8 Å². The number of carbonyl (C=O) groups excluding carboxylic acids is 2. The van der Waals surface area contributed by atoms with Crippen molar-refractivity contribution in [3.63, 3.8) is 0 Å². The zero-order valence-electron chi connectivity index (χ0n) is 12.2. The van der Waals surface area contributed by atoms with Gasteiger partial charge in [0, 0.05) is 11.0 Å². The number of amides is 2. The zero-order valence-corrected chi connectivity index (χ0v) is 13.8. The predicted octanol–water partition coefficient (Wildman–Crippen LogP) is 2.46. The molecule has 1 aromatic rings. The minimum absolute atomic E-state index is 0.00178. The number of hydrogen-bond acceptors (Lipinski definition) is 2. The van der Waals surface area contributed by atoms with Crippen molar-refractivity contribution < 1.29 is 9.59 Å². The molecule has 2 amide bonds. The van der Waals surface area contributed by atoms with Crippen LogP contribution in [0.3, 0.4) is 0 Å². The van der Waals surface area contributed by atoms with Gasteiger partial charge in [-0.05, 0) is 50.3 Å². The van der Waals surface area contributed by atoms with Crippen molar-refractivity contribution in [3.8, 4) is 0 Å². The molecule has 1 heterocycles. The second-order valence-corrected chi connectivity index (χ2v) is 7.37. The van der Waals surface area contributed by atoms with Gasteiger partial charge in [-0.2, -0.15) is 0 Å². The average molecular weight is 351 g/mol. The van der Waals surface area contributed by atoms with E-state index in [1.165, 1.54) is 0 Å². The third kappa shape index (κ3) is 2.84. The average Bonchev–Trinajstić information content (AvgIpc) is 3.22. The third-order valence-corrected chi connectivity index (χ3v) is 4.70. The number of nitrogens with zero attached hydrogens (tertiary/aromatic N) is 1. The topological polar surface area (TPSA) is 49.4 Å². The molecule has 1 N–H and O–H groups in total. The Morgan fingerprint density at radius 3 is 2.43 bits per heavy atom. The molecular formula is C16H19BrN2O2. The van der Waals surface area contributed by atoms with E-state index in [1.807, 2.05) is 24.3 Å². The summed E-state index contributed by atoms with van der Waals surface area (Å²) in [5, 5.41) is 2.86. The Morgan fingerprint density at radius 2 is 1.86 bits per heavy atom. The molecule has 3 rings (SSSR count). The van der Waals surface area contributed by atoms with E-state index in [0.29, 0.717) is 12.5 Å². The van der Waals surface area contributed by atoms with Gasteiger partial charge in [0.15, 0.2) is 0 Å². The molecule has 0 bridgehead atoms. The number of nitrogens with one attached hydrogen (secondary N) is 1. The van der Waals surface area contributed by atoms with Crippen LogP contribution in [0, 0.1) is 5.92 Å². The van der Waals surface area contributed by atoms with E-state index >= 15 is 0 Å². The molecule has 2 aliphatic rings. The number of rotatable bonds is 3. The lowest BCUT2D eigenvalue weighted by atomic mass is 9.94. The fraction of sp³-hybridized carbons (Fsp3) is 0.500. The van der Waals surface area contributed by atoms with Gasteiger partial charge in [-0.3, -0.25) is 9.59 Å². The van der Waals surface area contributed by atoms with Gasteiger partial charge in [-0.1, -0.05) is 28.1 Å². The molecule has 1 atom stereocenters. The Morgan fingerprint density at radius 1 is 1.24 bits per heavy atom. The number of benzene rings is 1. The minimum atomic E-state index is -0.822. The van der Waals surface area contributed by atoms with Crippen molar-refractivity contribution in [2.24, 2.45) is 5.92 Å². The Kier molecular flexibility index (Phi) is 3.56. The molecule has 1 aromatic carbocycles. The van der Waals surface area contributed by atoms with Gasteiger partial charge in [0.05, 0.1) is 0 Å². The third-order valence-electron chi connectivity index (χ3n) is 4.17. The molecule has 1 saturated heterocycles. The van der Waals surface area contributed by atoms with Crippen LogP contribution >= 0.6 is 15.9 Å². The first kappa shape index (κ1) is 14.6. The molecule has 4 nitrogen and oxygen atoms in total. The summed E-state index contributed by atoms with van der Waals surface area (Å²) in [5.74, 6) is 0.307. The second-order valence-electron chi connectivity index (χ2n) is 6.46. The van der Waals surface area contributed by atoms with Crippen LogP contribution < -0.4 is 5.32 Å². The van der Waals surface area contributed by atoms with E-state index in [0.717, 1.165) is 22.9 Å². The summed E-state index contributed by atoms with van der Waals surface area (Å²) in [6, 6.07) is 7.58. The first-order valence-electron chi connectivity index (χ1n) is 7.26. The zero-order chi connectivity index (χ0) is 15.2. The van der Waals surface area contributed by atoms with Crippen molar-refractivity contribution in [2.75, 3.05) is 0 Å². The van der Waals surface area contributed by atoms with Crippen LogP contribution in [0.15, 0.2) is 28.7 Å². The summed E-state index contributed by atoms with van der Waals surface area (Å²) in [6.45, 7) is 4.03. The Balaban J connectivity index is 1.88. The fourth-order valence-electron chi connectivity index (χ4n) is 2.90. The smallest absolute Gasteiger partial charge is 0.248 e. The SMILES string of the molecule is CC1(C)NC(=O)C(C2CC2)N(Cc2ccc(Br)cc2)C1=O. The molecule has 1 unspecified atom stereocenters. The highest BCUT2D eigenvalue weighted by Crippen LogP contribution is 2.38. The number of halogens is 1. The standard InChI is InChI=1S/C16H19BrN2O2/c1-16(2)15(21)19(9-10-3-7-12(17)8-4-10)13(11-5-6-11)14(20)18-16/h3-4,7-8,11,13H,5-6,9H2,1-2H3,(H,18,20). The molecule has 21 heavy (non-hydrogen) atoms. The second kappa shape index (κ2) is 5.13. The molecule has 1 aliphatic carbocycles. The highest BCUT2D eigenvalue weighted by Gasteiger charge is 2.50. The van der Waals surface area contributed by atoms with Gasteiger partial charge in [0.25, 0.3) is 0 Å². The maximum atomic E-state index is 12.7. The van der Waals surface area contributed by atoms with Gasteiger partial charge >= 0.3 is 0 Å². The number of carbonyl (C=O) groups is 2. The van der Waals surface area contributed by atoms with Gasteiger partial charge < -0.3 is 10.2 Å². The highest BCUT2D eigenvalue weighted by molar-refractivity contribution is 9.10. The van der Waals surface area contributed by atoms with Crippen molar-refractivity contribution in [1.82, 2.24) is 10.2 Å². The van der Waals surface area contributed by atoms with Crippen LogP contribution in [0.5, 0.6) is 0 Å². The maximum absolute atomic E-state index is 12.7. The van der Waals surface area contributed by atoms with E-state index in [4.69, 9.17) is 0 Å². The monoisotopic (exact) mass is 350 g/mol. The summed E-state index contributed by atoms with van der Waals surface area (Å²) in [5.41, 5.74) is 0.223. The summed E-state index contributed by atoms with van der Waals surface area (Å²) in [7, 11) is 0. The molecule has 5 heteroatoms. The normalized spacial score (nSPS) is 24.9. The molecule has 112 valence electrons. The Bertz CT molecular complexity index is 578. The number of hydrogen-bond donors (Lipinski definition) is 1. The van der Waals surface area contributed by atoms with Crippen LogP contribution in [0.2, 0.25) is 0 Å². The van der Waals surface area contributed by atoms with Gasteiger partial charge in [0.1, 0.15) is 11.6 Å². The molecule has 1 saturated carbocycles. The van der Waals surface area contributed by atoms with E-state index < -0.39 is 5.54 Å². The lowest BCUT2D eigenvalue weighted by molar-refractivity contribution is -0.155. The van der Waals surface area contributed by atoms with Crippen LogP contribution in [0.25, 0.3) is 0 Å². The van der Waals surface area contributed by atoms with Gasteiger partial charge in [-0.15, -0.1) is 0 Å². The van der Waals surface area contributed by atoms with Gasteiger partial charge in [0.2, 0.25) is 11.8 Å². The molecule has 0 radical (unpaired) electrons. The Labute approximate surface area is 133 Å². The molecule has 2 fully saturated rings. The molecular weight excluding hydrogens is 332 g/mol. The summed E-state index contributed by atoms with van der Waals surface area (Å²) in [6.07, 6.45) is 2.06. The summed E-state index contributed by atoms with van der Waals surface area (Å²) < 4.78 is 1.01. The largest absolute Gasteiger partial charge is 0.340 e. The molecule has 1 aliphatic heterocycles. The number of piperazine rings is 1. The molecule has 0 spiro atoms. The summed E-state index contributed by atoms with van der Waals surface area (Å²) >= 11 is 3.41. The lowest BCUT2D eigenvalue weighted by Crippen LogP contribution is -2.68. The van der Waals surface area contributed by atoms with E-state index in [-0.39, 0.29) is 17.9 Å². The predicted molar refractivity (Wildman–Crippen MR) is 83.4 cm³/mol. The Hall–Kier alpha value is -1.36. The van der Waals surface area contributed by atoms with Crippen molar-refractivity contribution >= 4 is 27.7 Å². The molecule has 0 aromatic heterocycles. The summed E-state index contributed by atoms with van der Waals surface area (Å²) in [4.78, 5) is 26.9. The lowest BCUT2D eigenvalue weighted by Gasteiger charge is -2.43. The highest BCUT2D eigenvalue weighted by atomic mass is 79.9. The van der Waals surface area contributed by atoms with Crippen LogP contribution in [-0.4, -0.2) is 28.3 Å². The van der Waals surface area contributed by atoms with Crippen LogP contribution in [0.1, 0.15) is 32.3 Å². The van der Waals surface area contributed by atoms with E-state index in [1.54, 1.807) is 18.7 Å². The first-order valence-corrected chi connectivity index (χ1v) is 8.05. The fourth-order valence-corrected chi connectivity index (χ4v) is 3.16. The van der Waals surface area contributed by atoms with Gasteiger partial charge in [-0.25, -0.2) is 0 Å². The van der Waals surface area contributed by atoms with Crippen LogP contribution in [0.4, 0.5) is 0 Å². The van der Waals surface area contributed by atoms with Crippen molar-refractivity contribution in [3.05, 3.63) is 34.3 Å². The minimum Gasteiger partial charge on any atom is -0.340 e.